The van der Waals surface area contributed by atoms with Gasteiger partial charge in [-0.2, -0.15) is 0 Å². The topological polar surface area (TPSA) is 93.4 Å². The van der Waals surface area contributed by atoms with E-state index in [2.05, 4.69) is 20.4 Å². The van der Waals surface area contributed by atoms with E-state index < -0.39 is 0 Å². The third kappa shape index (κ3) is 3.69. The summed E-state index contributed by atoms with van der Waals surface area (Å²) in [5.41, 5.74) is 2.98. The van der Waals surface area contributed by atoms with Crippen LogP contribution in [0.1, 0.15) is 10.4 Å². The molecule has 1 aliphatic rings. The number of nitrogens with one attached hydrogen (secondary N) is 1. The lowest BCUT2D eigenvalue weighted by Gasteiger charge is -2.25. The van der Waals surface area contributed by atoms with E-state index in [0.29, 0.717) is 11.5 Å². The quantitative estimate of drug-likeness (QED) is 0.554. The fraction of sp³-hybridized carbons (Fsp3) is 0.200. The first-order chi connectivity index (χ1) is 14.3. The van der Waals surface area contributed by atoms with Gasteiger partial charge in [0.15, 0.2) is 5.13 Å². The minimum absolute atomic E-state index is 0.181. The van der Waals surface area contributed by atoms with Gasteiger partial charge < -0.3 is 19.4 Å². The van der Waals surface area contributed by atoms with Crippen LogP contribution in [0.2, 0.25) is 0 Å². The Balaban J connectivity index is 1.32. The smallest absolute Gasteiger partial charge is 0.255 e. The summed E-state index contributed by atoms with van der Waals surface area (Å²) in [5, 5.41) is 11.5. The summed E-state index contributed by atoms with van der Waals surface area (Å²) in [5.74, 6) is 0.239. The minimum Gasteiger partial charge on any atom is -0.423 e. The lowest BCUT2D eigenvalue weighted by atomic mass is 10.1. The van der Waals surface area contributed by atoms with Crippen LogP contribution in [0, 0.1) is 0 Å². The van der Waals surface area contributed by atoms with Gasteiger partial charge in [0.2, 0.25) is 12.3 Å². The van der Waals surface area contributed by atoms with Crippen LogP contribution in [-0.4, -0.2) is 47.4 Å². The molecule has 9 heteroatoms. The molecule has 2 aromatic carbocycles. The fourth-order valence-electron chi connectivity index (χ4n) is 3.15. The number of nitrogens with zero attached hydrogens (tertiary/aromatic N) is 4. The average molecular weight is 407 g/mol. The summed E-state index contributed by atoms with van der Waals surface area (Å²) < 4.78 is 11.6. The first kappa shape index (κ1) is 17.8. The van der Waals surface area contributed by atoms with Crippen LogP contribution in [-0.2, 0) is 4.74 Å². The van der Waals surface area contributed by atoms with E-state index in [4.69, 9.17) is 14.1 Å². The number of fused-ring (bicyclic) bond motifs is 1. The molecular formula is C20H17N5O3S. The van der Waals surface area contributed by atoms with Crippen molar-refractivity contribution in [2.75, 3.05) is 36.5 Å². The van der Waals surface area contributed by atoms with Gasteiger partial charge in [0.05, 0.1) is 23.4 Å². The van der Waals surface area contributed by atoms with Crippen LogP contribution in [0.25, 0.3) is 21.7 Å². The Kier molecular flexibility index (Phi) is 4.66. The molecule has 0 unspecified atom stereocenters. The summed E-state index contributed by atoms with van der Waals surface area (Å²) in [6.07, 6.45) is 1.27. The third-order valence-electron chi connectivity index (χ3n) is 4.67. The van der Waals surface area contributed by atoms with E-state index in [1.807, 2.05) is 18.2 Å². The lowest BCUT2D eigenvalue weighted by molar-refractivity contribution is 0.102. The van der Waals surface area contributed by atoms with Gasteiger partial charge in [-0.15, -0.1) is 10.2 Å². The molecule has 0 bridgehead atoms. The van der Waals surface area contributed by atoms with Gasteiger partial charge in [-0.05, 0) is 42.5 Å². The number of morpholine rings is 1. The molecule has 0 saturated carbocycles. The molecule has 0 aliphatic carbocycles. The predicted molar refractivity (Wildman–Crippen MR) is 110 cm³/mol. The molecule has 146 valence electrons. The molecule has 0 atom stereocenters. The molecule has 0 spiro atoms. The van der Waals surface area contributed by atoms with Gasteiger partial charge in [0.25, 0.3) is 5.91 Å². The van der Waals surface area contributed by atoms with Crippen molar-refractivity contribution in [2.24, 2.45) is 0 Å². The minimum atomic E-state index is -0.181. The Morgan fingerprint density at radius 2 is 1.93 bits per heavy atom. The number of aromatic nitrogens is 3. The first-order valence-electron chi connectivity index (χ1n) is 9.17. The number of benzene rings is 2. The van der Waals surface area contributed by atoms with Crippen molar-refractivity contribution >= 4 is 38.3 Å². The Bertz CT molecular complexity index is 1130. The maximum absolute atomic E-state index is 12.6. The van der Waals surface area contributed by atoms with Crippen LogP contribution in [0.4, 0.5) is 10.8 Å². The molecule has 1 N–H and O–H groups in total. The molecule has 1 fully saturated rings. The summed E-state index contributed by atoms with van der Waals surface area (Å²) in [7, 11) is 0. The molecule has 2 aromatic heterocycles. The van der Waals surface area contributed by atoms with Crippen molar-refractivity contribution in [3.63, 3.8) is 0 Å². The number of amides is 1. The summed E-state index contributed by atoms with van der Waals surface area (Å²) >= 11 is 1.63. The number of thiazole rings is 1. The van der Waals surface area contributed by atoms with E-state index in [9.17, 15) is 4.79 Å². The number of anilines is 2. The van der Waals surface area contributed by atoms with Crippen molar-refractivity contribution in [1.82, 2.24) is 15.2 Å². The molecule has 1 aliphatic heterocycles. The zero-order chi connectivity index (χ0) is 19.6. The van der Waals surface area contributed by atoms with Crippen LogP contribution in [0.3, 0.4) is 0 Å². The first-order valence-corrected chi connectivity index (χ1v) is 9.99. The Morgan fingerprint density at radius 3 is 2.69 bits per heavy atom. The van der Waals surface area contributed by atoms with Crippen LogP contribution >= 0.6 is 11.3 Å². The molecule has 8 nitrogen and oxygen atoms in total. The second-order valence-corrected chi connectivity index (χ2v) is 7.56. The van der Waals surface area contributed by atoms with Gasteiger partial charge in [-0.1, -0.05) is 11.3 Å². The summed E-state index contributed by atoms with van der Waals surface area (Å²) in [6.45, 7) is 3.15. The van der Waals surface area contributed by atoms with Gasteiger partial charge in [0, 0.05) is 29.9 Å². The highest BCUT2D eigenvalue weighted by Crippen LogP contribution is 2.31. The SMILES string of the molecule is O=C(Nc1ccc2nc(N3CCOCC3)sc2c1)c1ccc(-c2nnco2)cc1. The van der Waals surface area contributed by atoms with Crippen molar-refractivity contribution in [2.45, 2.75) is 0 Å². The van der Waals surface area contributed by atoms with Crippen molar-refractivity contribution < 1.29 is 13.9 Å². The highest BCUT2D eigenvalue weighted by Gasteiger charge is 2.16. The molecule has 0 radical (unpaired) electrons. The van der Waals surface area contributed by atoms with Gasteiger partial charge >= 0.3 is 0 Å². The lowest BCUT2D eigenvalue weighted by Crippen LogP contribution is -2.36. The Morgan fingerprint density at radius 1 is 1.10 bits per heavy atom. The highest BCUT2D eigenvalue weighted by molar-refractivity contribution is 7.22. The van der Waals surface area contributed by atoms with Crippen molar-refractivity contribution in [3.05, 3.63) is 54.4 Å². The monoisotopic (exact) mass is 407 g/mol. The number of hydrogen-bond acceptors (Lipinski definition) is 8. The van der Waals surface area contributed by atoms with Crippen LogP contribution in [0.5, 0.6) is 0 Å². The number of carbonyl (C=O) groups is 1. The van der Waals surface area contributed by atoms with Crippen LogP contribution in [0.15, 0.2) is 53.3 Å². The van der Waals surface area contributed by atoms with Crippen molar-refractivity contribution in [1.29, 1.82) is 0 Å². The Hall–Kier alpha value is -3.30. The number of carbonyl (C=O) groups excluding carboxylic acids is 1. The molecular weight excluding hydrogens is 390 g/mol. The molecule has 29 heavy (non-hydrogen) atoms. The third-order valence-corrected chi connectivity index (χ3v) is 5.75. The molecule has 4 aromatic rings. The van der Waals surface area contributed by atoms with E-state index in [0.717, 1.165) is 52.9 Å². The average Bonchev–Trinajstić information content (AvgIpc) is 3.44. The van der Waals surface area contributed by atoms with Gasteiger partial charge in [-0.25, -0.2) is 4.98 Å². The Labute approximate surface area is 170 Å². The van der Waals surface area contributed by atoms with E-state index in [1.54, 1.807) is 35.6 Å². The molecule has 1 saturated heterocycles. The van der Waals surface area contributed by atoms with Crippen LogP contribution < -0.4 is 10.2 Å². The standard InChI is InChI=1S/C20H17N5O3S/c26-18(13-1-3-14(4-2-13)19-24-21-12-28-19)22-15-5-6-16-17(11-15)29-20(23-16)25-7-9-27-10-8-25/h1-6,11-12H,7-10H2,(H,22,26). The van der Waals surface area contributed by atoms with Gasteiger partial charge in [-0.3, -0.25) is 4.79 Å². The highest BCUT2D eigenvalue weighted by atomic mass is 32.1. The fourth-order valence-corrected chi connectivity index (χ4v) is 4.20. The molecule has 1 amide bonds. The van der Waals surface area contributed by atoms with E-state index in [-0.39, 0.29) is 5.91 Å². The second-order valence-electron chi connectivity index (χ2n) is 6.55. The largest absolute Gasteiger partial charge is 0.423 e. The summed E-state index contributed by atoms with van der Waals surface area (Å²) in [6, 6.07) is 12.8. The zero-order valence-electron chi connectivity index (χ0n) is 15.4. The number of rotatable bonds is 4. The normalized spacial score (nSPS) is 14.3. The zero-order valence-corrected chi connectivity index (χ0v) is 16.2. The van der Waals surface area contributed by atoms with E-state index >= 15 is 0 Å². The molecule has 3 heterocycles. The second kappa shape index (κ2) is 7.61. The summed E-state index contributed by atoms with van der Waals surface area (Å²) in [4.78, 5) is 19.5. The molecule has 5 rings (SSSR count). The van der Waals surface area contributed by atoms with Gasteiger partial charge in [0.1, 0.15) is 0 Å². The number of hydrogen-bond donors (Lipinski definition) is 1. The maximum Gasteiger partial charge on any atom is 0.255 e. The maximum atomic E-state index is 12.6. The predicted octanol–water partition coefficient (Wildman–Crippen LogP) is 3.44. The van der Waals surface area contributed by atoms with E-state index in [1.165, 1.54) is 6.39 Å². The number of ether oxygens (including phenoxy) is 1. The van der Waals surface area contributed by atoms with Crippen molar-refractivity contribution in [3.8, 4) is 11.5 Å².